The van der Waals surface area contributed by atoms with Gasteiger partial charge in [0.25, 0.3) is 0 Å². The van der Waals surface area contributed by atoms with Crippen LogP contribution in [0.5, 0.6) is 0 Å². The van der Waals surface area contributed by atoms with Crippen LogP contribution in [-0.4, -0.2) is 23.0 Å². The second kappa shape index (κ2) is 7.99. The van der Waals surface area contributed by atoms with E-state index in [0.29, 0.717) is 5.56 Å². The summed E-state index contributed by atoms with van der Waals surface area (Å²) in [6.07, 6.45) is -5.01. The van der Waals surface area contributed by atoms with Gasteiger partial charge in [0.15, 0.2) is 0 Å². The second-order valence-electron chi connectivity index (χ2n) is 5.66. The monoisotopic (exact) mass is 369 g/mol. The minimum Gasteiger partial charge on any atom is -0.480 e. The number of rotatable bonds is 6. The summed E-state index contributed by atoms with van der Waals surface area (Å²) in [6, 6.07) is 7.99. The Morgan fingerprint density at radius 2 is 1.69 bits per heavy atom. The first-order chi connectivity index (χ1) is 12.1. The van der Waals surface area contributed by atoms with Crippen LogP contribution in [0.25, 0.3) is 0 Å². The topological polar surface area (TPSA) is 66.4 Å². The number of halogens is 4. The van der Waals surface area contributed by atoms with Crippen molar-refractivity contribution >= 4 is 11.9 Å². The summed E-state index contributed by atoms with van der Waals surface area (Å²) in [6.45, 7) is 0. The second-order valence-corrected chi connectivity index (χ2v) is 5.66. The molecule has 8 heteroatoms. The zero-order valence-electron chi connectivity index (χ0n) is 13.4. The summed E-state index contributed by atoms with van der Waals surface area (Å²) >= 11 is 0. The highest BCUT2D eigenvalue weighted by molar-refractivity contribution is 5.85. The first-order valence-corrected chi connectivity index (χ1v) is 7.58. The molecule has 0 spiro atoms. The van der Waals surface area contributed by atoms with E-state index in [-0.39, 0.29) is 18.4 Å². The van der Waals surface area contributed by atoms with Crippen molar-refractivity contribution in [3.8, 4) is 0 Å². The van der Waals surface area contributed by atoms with Crippen LogP contribution >= 0.6 is 0 Å². The number of aliphatic carboxylic acids is 1. The zero-order chi connectivity index (χ0) is 19.3. The molecule has 0 aromatic heterocycles. The van der Waals surface area contributed by atoms with Crippen molar-refractivity contribution in [1.82, 2.24) is 5.32 Å². The molecule has 4 nitrogen and oxygen atoms in total. The average Bonchev–Trinajstić information content (AvgIpc) is 2.56. The van der Waals surface area contributed by atoms with Crippen LogP contribution in [0.3, 0.4) is 0 Å². The molecule has 0 saturated heterocycles. The smallest absolute Gasteiger partial charge is 0.416 e. The van der Waals surface area contributed by atoms with Crippen molar-refractivity contribution in [3.05, 3.63) is 71.0 Å². The molecule has 0 saturated carbocycles. The van der Waals surface area contributed by atoms with Crippen molar-refractivity contribution in [2.75, 3.05) is 0 Å². The molecular weight excluding hydrogens is 354 g/mol. The van der Waals surface area contributed by atoms with Crippen molar-refractivity contribution in [3.63, 3.8) is 0 Å². The highest BCUT2D eigenvalue weighted by Crippen LogP contribution is 2.29. The maximum atomic E-state index is 12.8. The summed E-state index contributed by atoms with van der Waals surface area (Å²) < 4.78 is 51.0. The van der Waals surface area contributed by atoms with Crippen molar-refractivity contribution < 1.29 is 32.3 Å². The number of hydrogen-bond acceptors (Lipinski definition) is 2. The summed E-state index contributed by atoms with van der Waals surface area (Å²) in [7, 11) is 0. The lowest BCUT2D eigenvalue weighted by molar-refractivity contribution is -0.141. The molecule has 0 bridgehead atoms. The minimum absolute atomic E-state index is 0.134. The van der Waals surface area contributed by atoms with Gasteiger partial charge in [0.1, 0.15) is 11.9 Å². The van der Waals surface area contributed by atoms with E-state index < -0.39 is 35.5 Å². The molecule has 2 aromatic carbocycles. The lowest BCUT2D eigenvalue weighted by Gasteiger charge is -2.16. The molecule has 26 heavy (non-hydrogen) atoms. The van der Waals surface area contributed by atoms with Gasteiger partial charge < -0.3 is 10.4 Å². The highest BCUT2D eigenvalue weighted by Gasteiger charge is 2.31. The zero-order valence-corrected chi connectivity index (χ0v) is 13.4. The molecular formula is C18H15F4NO3. The van der Waals surface area contributed by atoms with E-state index in [4.69, 9.17) is 0 Å². The fourth-order valence-electron chi connectivity index (χ4n) is 2.34. The van der Waals surface area contributed by atoms with Crippen LogP contribution in [0.15, 0.2) is 48.5 Å². The third-order valence-electron chi connectivity index (χ3n) is 3.61. The molecule has 2 aromatic rings. The summed E-state index contributed by atoms with van der Waals surface area (Å²) in [5.74, 6) is -2.46. The number of carbonyl (C=O) groups is 2. The van der Waals surface area contributed by atoms with E-state index in [1.165, 1.54) is 36.4 Å². The molecule has 1 amide bonds. The number of alkyl halides is 3. The molecule has 0 aliphatic heterocycles. The summed E-state index contributed by atoms with van der Waals surface area (Å²) in [4.78, 5) is 23.3. The predicted octanol–water partition coefficient (Wildman–Crippen LogP) is 3.20. The van der Waals surface area contributed by atoms with Gasteiger partial charge in [-0.15, -0.1) is 0 Å². The van der Waals surface area contributed by atoms with E-state index in [2.05, 4.69) is 5.32 Å². The molecule has 0 fully saturated rings. The maximum absolute atomic E-state index is 12.8. The van der Waals surface area contributed by atoms with Gasteiger partial charge >= 0.3 is 12.1 Å². The number of carboxylic acid groups (broad SMARTS) is 1. The van der Waals surface area contributed by atoms with Gasteiger partial charge in [-0.05, 0) is 29.3 Å². The van der Waals surface area contributed by atoms with Gasteiger partial charge in [0.2, 0.25) is 5.91 Å². The molecule has 0 aliphatic rings. The standard InChI is InChI=1S/C18H15F4NO3/c19-14-6-4-11(5-7-14)10-16(24)23-15(17(25)26)9-12-2-1-3-13(8-12)18(20,21)22/h1-8,15H,9-10H2,(H,23,24)(H,25,26)/t15-/m0/s1. The van der Waals surface area contributed by atoms with Crippen LogP contribution < -0.4 is 5.32 Å². The van der Waals surface area contributed by atoms with Gasteiger partial charge in [0, 0.05) is 6.42 Å². The average molecular weight is 369 g/mol. The third kappa shape index (κ3) is 5.58. The number of hydrogen-bond donors (Lipinski definition) is 2. The van der Waals surface area contributed by atoms with E-state index in [1.54, 1.807) is 0 Å². The Bertz CT molecular complexity index is 788. The molecule has 1 atom stereocenters. The maximum Gasteiger partial charge on any atom is 0.416 e. The molecule has 0 aliphatic carbocycles. The fraction of sp³-hybridized carbons (Fsp3) is 0.222. The Hall–Kier alpha value is -2.90. The Labute approximate surface area is 146 Å². The van der Waals surface area contributed by atoms with Crippen molar-refractivity contribution in [2.24, 2.45) is 0 Å². The molecule has 2 N–H and O–H groups in total. The van der Waals surface area contributed by atoms with Gasteiger partial charge in [-0.2, -0.15) is 13.2 Å². The predicted molar refractivity (Wildman–Crippen MR) is 84.8 cm³/mol. The molecule has 138 valence electrons. The molecule has 0 unspecified atom stereocenters. The van der Waals surface area contributed by atoms with E-state index in [0.717, 1.165) is 12.1 Å². The molecule has 0 heterocycles. The van der Waals surface area contributed by atoms with Crippen LogP contribution in [0, 0.1) is 5.82 Å². The Kier molecular flexibility index (Phi) is 5.97. The Morgan fingerprint density at radius 1 is 1.04 bits per heavy atom. The van der Waals surface area contributed by atoms with Gasteiger partial charge in [-0.1, -0.05) is 30.3 Å². The minimum atomic E-state index is -4.54. The normalized spacial score (nSPS) is 12.5. The SMILES string of the molecule is O=C(Cc1ccc(F)cc1)N[C@@H](Cc1cccc(C(F)(F)F)c1)C(=O)O. The van der Waals surface area contributed by atoms with Gasteiger partial charge in [-0.25, -0.2) is 9.18 Å². The quantitative estimate of drug-likeness (QED) is 0.769. The van der Waals surface area contributed by atoms with Crippen molar-refractivity contribution in [1.29, 1.82) is 0 Å². The number of benzene rings is 2. The number of carboxylic acids is 1. The van der Waals surface area contributed by atoms with E-state index in [9.17, 15) is 32.3 Å². The summed E-state index contributed by atoms with van der Waals surface area (Å²) in [5, 5.41) is 11.5. The van der Waals surface area contributed by atoms with Crippen molar-refractivity contribution in [2.45, 2.75) is 25.1 Å². The molecule has 0 radical (unpaired) electrons. The van der Waals surface area contributed by atoms with Gasteiger partial charge in [0.05, 0.1) is 12.0 Å². The number of carbonyl (C=O) groups excluding carboxylic acids is 1. The lowest BCUT2D eigenvalue weighted by Crippen LogP contribution is -2.43. The lowest BCUT2D eigenvalue weighted by atomic mass is 10.0. The molecule has 2 rings (SSSR count). The van der Waals surface area contributed by atoms with E-state index >= 15 is 0 Å². The summed E-state index contributed by atoms with van der Waals surface area (Å²) in [5.41, 5.74) is -0.279. The first-order valence-electron chi connectivity index (χ1n) is 7.58. The van der Waals surface area contributed by atoms with Crippen LogP contribution in [0.1, 0.15) is 16.7 Å². The van der Waals surface area contributed by atoms with Crippen LogP contribution in [0.4, 0.5) is 17.6 Å². The number of amides is 1. The van der Waals surface area contributed by atoms with Crippen LogP contribution in [0.2, 0.25) is 0 Å². The highest BCUT2D eigenvalue weighted by atomic mass is 19.4. The Balaban J connectivity index is 2.06. The largest absolute Gasteiger partial charge is 0.480 e. The van der Waals surface area contributed by atoms with E-state index in [1.807, 2.05) is 0 Å². The Morgan fingerprint density at radius 3 is 2.27 bits per heavy atom. The van der Waals surface area contributed by atoms with Crippen LogP contribution in [-0.2, 0) is 28.6 Å². The fourth-order valence-corrected chi connectivity index (χ4v) is 2.34. The van der Waals surface area contributed by atoms with Gasteiger partial charge in [-0.3, -0.25) is 4.79 Å². The third-order valence-corrected chi connectivity index (χ3v) is 3.61. The number of nitrogens with one attached hydrogen (secondary N) is 1. The first kappa shape index (κ1) is 19.4.